The third-order valence-corrected chi connectivity index (χ3v) is 4.53. The Morgan fingerprint density at radius 3 is 2.57 bits per heavy atom. The molecule has 0 spiro atoms. The zero-order chi connectivity index (χ0) is 15.7. The van der Waals surface area contributed by atoms with Gasteiger partial charge in [-0.2, -0.15) is 11.8 Å². The lowest BCUT2D eigenvalue weighted by Crippen LogP contribution is -2.52. The maximum Gasteiger partial charge on any atom is 0.331 e. The lowest BCUT2D eigenvalue weighted by Gasteiger charge is -2.33. The van der Waals surface area contributed by atoms with Gasteiger partial charge in [0, 0.05) is 11.0 Å². The van der Waals surface area contributed by atoms with Gasteiger partial charge in [-0.3, -0.25) is 5.32 Å². The summed E-state index contributed by atoms with van der Waals surface area (Å²) in [6.07, 6.45) is 0. The smallest absolute Gasteiger partial charge is 0.331 e. The first-order valence-electron chi connectivity index (χ1n) is 7.31. The number of hydrogen-bond donors (Lipinski definition) is 2. The van der Waals surface area contributed by atoms with Gasteiger partial charge in [-0.15, -0.1) is 0 Å². The van der Waals surface area contributed by atoms with E-state index in [-0.39, 0.29) is 17.8 Å². The molecule has 21 heavy (non-hydrogen) atoms. The molecule has 1 rings (SSSR count). The molecule has 1 aromatic carbocycles. The van der Waals surface area contributed by atoms with Crippen molar-refractivity contribution in [1.29, 1.82) is 0 Å². The van der Waals surface area contributed by atoms with Crippen LogP contribution in [0.4, 0.5) is 0 Å². The highest BCUT2D eigenvalue weighted by Gasteiger charge is 2.41. The molecule has 0 bridgehead atoms. The molecule has 118 valence electrons. The van der Waals surface area contributed by atoms with Gasteiger partial charge in [0.25, 0.3) is 0 Å². The van der Waals surface area contributed by atoms with Crippen LogP contribution in [0.15, 0.2) is 30.3 Å². The van der Waals surface area contributed by atoms with Gasteiger partial charge in [0.1, 0.15) is 0 Å². The second-order valence-corrected chi connectivity index (χ2v) is 6.25. The number of nitrogens with one attached hydrogen (secondary N) is 1. The van der Waals surface area contributed by atoms with Crippen LogP contribution in [0.25, 0.3) is 0 Å². The van der Waals surface area contributed by atoms with E-state index in [0.29, 0.717) is 18.9 Å². The zero-order valence-corrected chi connectivity index (χ0v) is 13.8. The number of hydrogen-bond acceptors (Lipinski definition) is 5. The van der Waals surface area contributed by atoms with Gasteiger partial charge in [-0.05, 0) is 19.0 Å². The average molecular weight is 311 g/mol. The monoisotopic (exact) mass is 311 g/mol. The first-order valence-corrected chi connectivity index (χ1v) is 8.35. The van der Waals surface area contributed by atoms with Gasteiger partial charge in [0.15, 0.2) is 5.54 Å². The molecule has 0 amide bonds. The summed E-state index contributed by atoms with van der Waals surface area (Å²) in [5, 5.41) is 12.6. The van der Waals surface area contributed by atoms with E-state index in [1.807, 2.05) is 51.1 Å². The standard InChI is InChI=1S/C16H25NO3S/c1-4-17-16(15(19)20-5-2,12-21-13(3)11-18)14-9-7-6-8-10-14/h6-10,13,17-18H,4-5,11-12H2,1-3H3. The van der Waals surface area contributed by atoms with Crippen LogP contribution < -0.4 is 5.32 Å². The summed E-state index contributed by atoms with van der Waals surface area (Å²) >= 11 is 1.56. The topological polar surface area (TPSA) is 58.6 Å². The third-order valence-electron chi connectivity index (χ3n) is 3.21. The lowest BCUT2D eigenvalue weighted by molar-refractivity contribution is -0.150. The Balaban J connectivity index is 3.12. The molecular formula is C16H25NO3S. The number of rotatable bonds is 9. The highest BCUT2D eigenvalue weighted by molar-refractivity contribution is 8.00. The van der Waals surface area contributed by atoms with Crippen LogP contribution in [-0.2, 0) is 15.1 Å². The molecule has 0 saturated carbocycles. The first kappa shape index (κ1) is 18.0. The number of ether oxygens (including phenoxy) is 1. The van der Waals surface area contributed by atoms with Gasteiger partial charge >= 0.3 is 5.97 Å². The molecule has 0 aliphatic carbocycles. The van der Waals surface area contributed by atoms with Gasteiger partial charge in [0.05, 0.1) is 13.2 Å². The number of carbonyl (C=O) groups is 1. The predicted molar refractivity (Wildman–Crippen MR) is 87.4 cm³/mol. The van der Waals surface area contributed by atoms with E-state index in [9.17, 15) is 9.90 Å². The van der Waals surface area contributed by atoms with E-state index in [0.717, 1.165) is 5.56 Å². The van der Waals surface area contributed by atoms with E-state index in [1.54, 1.807) is 11.8 Å². The van der Waals surface area contributed by atoms with Crippen molar-refractivity contribution in [3.05, 3.63) is 35.9 Å². The van der Waals surface area contributed by atoms with Gasteiger partial charge in [-0.25, -0.2) is 4.79 Å². The van der Waals surface area contributed by atoms with E-state index in [2.05, 4.69) is 5.32 Å². The van der Waals surface area contributed by atoms with Crippen molar-refractivity contribution in [2.24, 2.45) is 0 Å². The second kappa shape index (κ2) is 9.07. The number of thioether (sulfide) groups is 1. The first-order chi connectivity index (χ1) is 10.1. The number of likely N-dealkylation sites (N-methyl/N-ethyl adjacent to an activating group) is 1. The number of aliphatic hydroxyl groups is 1. The van der Waals surface area contributed by atoms with Crippen molar-refractivity contribution < 1.29 is 14.6 Å². The summed E-state index contributed by atoms with van der Waals surface area (Å²) in [4.78, 5) is 12.6. The predicted octanol–water partition coefficient (Wildman–Crippen LogP) is 2.17. The van der Waals surface area contributed by atoms with Crippen LogP contribution >= 0.6 is 11.8 Å². The highest BCUT2D eigenvalue weighted by atomic mass is 32.2. The second-order valence-electron chi connectivity index (χ2n) is 4.83. The fraction of sp³-hybridized carbons (Fsp3) is 0.562. The fourth-order valence-electron chi connectivity index (χ4n) is 2.08. The molecule has 5 heteroatoms. The Morgan fingerprint density at radius 2 is 2.05 bits per heavy atom. The van der Waals surface area contributed by atoms with Gasteiger partial charge < -0.3 is 9.84 Å². The molecule has 4 nitrogen and oxygen atoms in total. The minimum atomic E-state index is -0.875. The molecular weight excluding hydrogens is 286 g/mol. The molecule has 2 unspecified atom stereocenters. The quantitative estimate of drug-likeness (QED) is 0.685. The Hall–Kier alpha value is -1.04. The number of benzene rings is 1. The van der Waals surface area contributed by atoms with Gasteiger partial charge in [0.2, 0.25) is 0 Å². The van der Waals surface area contributed by atoms with Crippen molar-refractivity contribution in [1.82, 2.24) is 5.32 Å². The highest BCUT2D eigenvalue weighted by Crippen LogP contribution is 2.29. The molecule has 0 heterocycles. The fourth-order valence-corrected chi connectivity index (χ4v) is 3.11. The lowest BCUT2D eigenvalue weighted by atomic mass is 9.91. The van der Waals surface area contributed by atoms with E-state index in [4.69, 9.17) is 4.74 Å². The van der Waals surface area contributed by atoms with Crippen molar-refractivity contribution in [2.75, 3.05) is 25.5 Å². The zero-order valence-electron chi connectivity index (χ0n) is 13.0. The van der Waals surface area contributed by atoms with E-state index in [1.165, 1.54) is 0 Å². The van der Waals surface area contributed by atoms with Gasteiger partial charge in [-0.1, -0.05) is 44.2 Å². The Morgan fingerprint density at radius 1 is 1.38 bits per heavy atom. The molecule has 2 atom stereocenters. The molecule has 0 radical (unpaired) electrons. The van der Waals surface area contributed by atoms with Crippen LogP contribution in [0.5, 0.6) is 0 Å². The number of carbonyl (C=O) groups excluding carboxylic acids is 1. The van der Waals surface area contributed by atoms with Crippen LogP contribution in [-0.4, -0.2) is 41.8 Å². The Bertz CT molecular complexity index is 427. The summed E-state index contributed by atoms with van der Waals surface area (Å²) in [6, 6.07) is 9.63. The largest absolute Gasteiger partial charge is 0.464 e. The Labute approximate surface area is 131 Å². The van der Waals surface area contributed by atoms with Crippen molar-refractivity contribution in [3.63, 3.8) is 0 Å². The summed E-state index contributed by atoms with van der Waals surface area (Å²) in [5.74, 6) is 0.251. The molecule has 0 fully saturated rings. The van der Waals surface area contributed by atoms with Crippen molar-refractivity contribution in [3.8, 4) is 0 Å². The van der Waals surface area contributed by atoms with Crippen molar-refractivity contribution >= 4 is 17.7 Å². The number of esters is 1. The molecule has 0 saturated heterocycles. The molecule has 0 aliphatic heterocycles. The molecule has 0 aromatic heterocycles. The maximum absolute atomic E-state index is 12.6. The minimum Gasteiger partial charge on any atom is -0.464 e. The summed E-state index contributed by atoms with van der Waals surface area (Å²) in [7, 11) is 0. The normalized spacial score (nSPS) is 15.2. The van der Waals surface area contributed by atoms with Crippen molar-refractivity contribution in [2.45, 2.75) is 31.6 Å². The summed E-state index contributed by atoms with van der Waals surface area (Å²) in [5.41, 5.74) is 0.0167. The molecule has 1 aromatic rings. The molecule has 2 N–H and O–H groups in total. The maximum atomic E-state index is 12.6. The van der Waals surface area contributed by atoms with E-state index >= 15 is 0 Å². The third kappa shape index (κ3) is 4.73. The minimum absolute atomic E-state index is 0.0705. The molecule has 0 aliphatic rings. The Kier molecular flexibility index (Phi) is 7.78. The SMILES string of the molecule is CCNC(CSC(C)CO)(C(=O)OCC)c1ccccc1. The number of aliphatic hydroxyl groups excluding tert-OH is 1. The van der Waals surface area contributed by atoms with Crippen LogP contribution in [0, 0.1) is 0 Å². The van der Waals surface area contributed by atoms with Crippen LogP contribution in [0.1, 0.15) is 26.3 Å². The summed E-state index contributed by atoms with van der Waals surface area (Å²) in [6.45, 7) is 6.81. The van der Waals surface area contributed by atoms with E-state index < -0.39 is 5.54 Å². The van der Waals surface area contributed by atoms with Crippen LogP contribution in [0.3, 0.4) is 0 Å². The summed E-state index contributed by atoms with van der Waals surface area (Å²) < 4.78 is 5.30. The average Bonchev–Trinajstić information content (AvgIpc) is 2.52. The van der Waals surface area contributed by atoms with Crippen LogP contribution in [0.2, 0.25) is 0 Å².